The molecule has 1 saturated heterocycles. The first-order chi connectivity index (χ1) is 14.5. The number of nitrogens with zero attached hydrogens (tertiary/aromatic N) is 3. The second kappa shape index (κ2) is 8.85. The SMILES string of the molecule is CC(NC(=O)c1ccccc1Cl)c1nc2ccccc2n1CC(=O)N1CCOCC1. The highest BCUT2D eigenvalue weighted by molar-refractivity contribution is 6.33. The number of aromatic nitrogens is 2. The van der Waals surface area contributed by atoms with E-state index in [0.29, 0.717) is 42.7 Å². The van der Waals surface area contributed by atoms with Gasteiger partial charge in [-0.25, -0.2) is 4.98 Å². The van der Waals surface area contributed by atoms with Crippen LogP contribution in [0.3, 0.4) is 0 Å². The van der Waals surface area contributed by atoms with Gasteiger partial charge in [0.15, 0.2) is 0 Å². The van der Waals surface area contributed by atoms with E-state index in [-0.39, 0.29) is 18.4 Å². The Balaban J connectivity index is 1.61. The van der Waals surface area contributed by atoms with Gasteiger partial charge >= 0.3 is 0 Å². The maximum atomic E-state index is 12.9. The van der Waals surface area contributed by atoms with Crippen LogP contribution in [-0.2, 0) is 16.1 Å². The summed E-state index contributed by atoms with van der Waals surface area (Å²) in [5, 5.41) is 3.34. The van der Waals surface area contributed by atoms with Crippen LogP contribution in [-0.4, -0.2) is 52.6 Å². The maximum absolute atomic E-state index is 12.9. The molecule has 1 aliphatic rings. The highest BCUT2D eigenvalue weighted by Gasteiger charge is 2.23. The lowest BCUT2D eigenvalue weighted by atomic mass is 10.2. The van der Waals surface area contributed by atoms with E-state index in [1.807, 2.05) is 35.8 Å². The molecule has 2 amide bonds. The molecule has 0 saturated carbocycles. The number of benzene rings is 2. The van der Waals surface area contributed by atoms with Crippen molar-refractivity contribution in [1.82, 2.24) is 19.8 Å². The lowest BCUT2D eigenvalue weighted by Crippen LogP contribution is -2.42. The summed E-state index contributed by atoms with van der Waals surface area (Å²) in [5.41, 5.74) is 2.03. The summed E-state index contributed by atoms with van der Waals surface area (Å²) in [4.78, 5) is 32.1. The number of fused-ring (bicyclic) bond motifs is 1. The molecule has 156 valence electrons. The lowest BCUT2D eigenvalue weighted by Gasteiger charge is -2.27. The zero-order chi connectivity index (χ0) is 21.1. The predicted octanol–water partition coefficient (Wildman–Crippen LogP) is 3.04. The average Bonchev–Trinajstić information content (AvgIpc) is 3.13. The standard InChI is InChI=1S/C22H23ClN4O3/c1-15(24-22(29)16-6-2-3-7-17(16)23)21-25-18-8-4-5-9-19(18)27(21)14-20(28)26-10-12-30-13-11-26/h2-9,15H,10-14H2,1H3,(H,24,29). The molecule has 7 nitrogen and oxygen atoms in total. The van der Waals surface area contributed by atoms with Gasteiger partial charge in [0.05, 0.1) is 40.9 Å². The van der Waals surface area contributed by atoms with Gasteiger partial charge < -0.3 is 19.5 Å². The fourth-order valence-electron chi connectivity index (χ4n) is 3.62. The second-order valence-electron chi connectivity index (χ2n) is 7.21. The molecule has 1 atom stereocenters. The summed E-state index contributed by atoms with van der Waals surface area (Å²) in [5.74, 6) is 0.344. The maximum Gasteiger partial charge on any atom is 0.253 e. The fourth-order valence-corrected chi connectivity index (χ4v) is 3.84. The van der Waals surface area contributed by atoms with Crippen LogP contribution in [0.1, 0.15) is 29.1 Å². The number of halogens is 1. The van der Waals surface area contributed by atoms with Crippen molar-refractivity contribution in [2.24, 2.45) is 0 Å². The van der Waals surface area contributed by atoms with Gasteiger partial charge in [-0.05, 0) is 31.2 Å². The minimum Gasteiger partial charge on any atom is -0.378 e. The molecule has 1 aliphatic heterocycles. The number of imidazole rings is 1. The van der Waals surface area contributed by atoms with Crippen LogP contribution >= 0.6 is 11.6 Å². The van der Waals surface area contributed by atoms with E-state index in [4.69, 9.17) is 21.3 Å². The molecule has 4 rings (SSSR count). The monoisotopic (exact) mass is 426 g/mol. The van der Waals surface area contributed by atoms with Gasteiger partial charge in [-0.3, -0.25) is 9.59 Å². The van der Waals surface area contributed by atoms with Crippen molar-refractivity contribution in [3.63, 3.8) is 0 Å². The molecule has 2 aromatic carbocycles. The fraction of sp³-hybridized carbons (Fsp3) is 0.318. The van der Waals surface area contributed by atoms with E-state index in [0.717, 1.165) is 11.0 Å². The topological polar surface area (TPSA) is 76.5 Å². The molecule has 1 N–H and O–H groups in total. The number of morpholine rings is 1. The van der Waals surface area contributed by atoms with E-state index in [2.05, 4.69) is 5.32 Å². The average molecular weight is 427 g/mol. The van der Waals surface area contributed by atoms with E-state index < -0.39 is 6.04 Å². The van der Waals surface area contributed by atoms with Gasteiger partial charge in [0, 0.05) is 13.1 Å². The first-order valence-corrected chi connectivity index (χ1v) is 10.3. The van der Waals surface area contributed by atoms with Crippen molar-refractivity contribution in [2.45, 2.75) is 19.5 Å². The first kappa shape index (κ1) is 20.4. The summed E-state index contributed by atoms with van der Waals surface area (Å²) < 4.78 is 7.22. The first-order valence-electron chi connectivity index (χ1n) is 9.90. The Hall–Kier alpha value is -2.90. The van der Waals surface area contributed by atoms with Crippen LogP contribution in [0.15, 0.2) is 48.5 Å². The second-order valence-corrected chi connectivity index (χ2v) is 7.62. The van der Waals surface area contributed by atoms with Crippen LogP contribution in [0.5, 0.6) is 0 Å². The van der Waals surface area contributed by atoms with E-state index >= 15 is 0 Å². The van der Waals surface area contributed by atoms with Gasteiger partial charge in [0.2, 0.25) is 5.91 Å². The molecule has 3 aromatic rings. The molecule has 0 bridgehead atoms. The molecular weight excluding hydrogens is 404 g/mol. The highest BCUT2D eigenvalue weighted by Crippen LogP contribution is 2.22. The zero-order valence-corrected chi connectivity index (χ0v) is 17.4. The molecule has 0 spiro atoms. The molecule has 1 unspecified atom stereocenters. The van der Waals surface area contributed by atoms with Crippen LogP contribution < -0.4 is 5.32 Å². The number of rotatable bonds is 5. The number of carbonyl (C=O) groups excluding carboxylic acids is 2. The van der Waals surface area contributed by atoms with Crippen LogP contribution in [0.2, 0.25) is 5.02 Å². The van der Waals surface area contributed by atoms with E-state index in [9.17, 15) is 9.59 Å². The number of nitrogens with one attached hydrogen (secondary N) is 1. The third kappa shape index (κ3) is 4.17. The van der Waals surface area contributed by atoms with E-state index in [1.54, 1.807) is 29.2 Å². The molecule has 2 heterocycles. The highest BCUT2D eigenvalue weighted by atomic mass is 35.5. The summed E-state index contributed by atoms with van der Waals surface area (Å²) in [7, 11) is 0. The summed E-state index contributed by atoms with van der Waals surface area (Å²) in [6.45, 7) is 4.27. The van der Waals surface area contributed by atoms with Gasteiger partial charge in [0.25, 0.3) is 5.91 Å². The number of carbonyl (C=O) groups is 2. The third-order valence-electron chi connectivity index (χ3n) is 5.19. The zero-order valence-electron chi connectivity index (χ0n) is 16.7. The normalized spacial score (nSPS) is 15.2. The summed E-state index contributed by atoms with van der Waals surface area (Å²) in [6.07, 6.45) is 0. The smallest absolute Gasteiger partial charge is 0.253 e. The molecule has 1 fully saturated rings. The van der Waals surface area contributed by atoms with Gasteiger partial charge in [0.1, 0.15) is 12.4 Å². The Morgan fingerprint density at radius 1 is 1.13 bits per heavy atom. The van der Waals surface area contributed by atoms with Crippen molar-refractivity contribution < 1.29 is 14.3 Å². The molecular formula is C22H23ClN4O3. The van der Waals surface area contributed by atoms with Crippen molar-refractivity contribution in [3.05, 3.63) is 64.9 Å². The van der Waals surface area contributed by atoms with Crippen molar-refractivity contribution in [2.75, 3.05) is 26.3 Å². The number of hydrogen-bond acceptors (Lipinski definition) is 4. The molecule has 0 radical (unpaired) electrons. The lowest BCUT2D eigenvalue weighted by molar-refractivity contribution is -0.135. The van der Waals surface area contributed by atoms with Crippen molar-refractivity contribution >= 4 is 34.4 Å². The molecule has 0 aliphatic carbocycles. The van der Waals surface area contributed by atoms with Crippen LogP contribution in [0.4, 0.5) is 0 Å². The Kier molecular flexibility index (Phi) is 6.01. The van der Waals surface area contributed by atoms with Crippen molar-refractivity contribution in [3.8, 4) is 0 Å². The van der Waals surface area contributed by atoms with E-state index in [1.165, 1.54) is 0 Å². The Morgan fingerprint density at radius 3 is 2.60 bits per heavy atom. The molecule has 30 heavy (non-hydrogen) atoms. The Morgan fingerprint density at radius 2 is 1.83 bits per heavy atom. The minimum atomic E-state index is -0.418. The quantitative estimate of drug-likeness (QED) is 0.680. The van der Waals surface area contributed by atoms with Gasteiger partial charge in [-0.2, -0.15) is 0 Å². The van der Waals surface area contributed by atoms with Gasteiger partial charge in [-0.15, -0.1) is 0 Å². The number of amides is 2. The summed E-state index contributed by atoms with van der Waals surface area (Å²) in [6, 6.07) is 14.1. The minimum absolute atomic E-state index is 0.00679. The molecule has 1 aromatic heterocycles. The molecule has 8 heteroatoms. The number of hydrogen-bond donors (Lipinski definition) is 1. The summed E-state index contributed by atoms with van der Waals surface area (Å²) >= 11 is 6.16. The van der Waals surface area contributed by atoms with Crippen LogP contribution in [0.25, 0.3) is 11.0 Å². The van der Waals surface area contributed by atoms with Crippen molar-refractivity contribution in [1.29, 1.82) is 0 Å². The number of para-hydroxylation sites is 2. The predicted molar refractivity (Wildman–Crippen MR) is 114 cm³/mol. The van der Waals surface area contributed by atoms with Crippen LogP contribution in [0, 0.1) is 0 Å². The largest absolute Gasteiger partial charge is 0.378 e. The Labute approximate surface area is 179 Å². The number of ether oxygens (including phenoxy) is 1. The van der Waals surface area contributed by atoms with Gasteiger partial charge in [-0.1, -0.05) is 35.9 Å². The Bertz CT molecular complexity index is 1080. The third-order valence-corrected chi connectivity index (χ3v) is 5.52.